The summed E-state index contributed by atoms with van der Waals surface area (Å²) < 4.78 is 0. The van der Waals surface area contributed by atoms with Crippen LogP contribution in [-0.4, -0.2) is 23.3 Å². The fraction of sp³-hybridized carbons (Fsp3) is 0.636. The molecule has 1 rings (SSSR count). The van der Waals surface area contributed by atoms with Crippen LogP contribution in [-0.2, 0) is 0 Å². The first-order valence-electron chi connectivity index (χ1n) is 5.40. The van der Waals surface area contributed by atoms with Gasteiger partial charge in [0.05, 0.1) is 11.9 Å². The maximum Gasteiger partial charge on any atom is 0.153 e. The van der Waals surface area contributed by atoms with Crippen LogP contribution in [0, 0.1) is 5.92 Å². The van der Waals surface area contributed by atoms with Gasteiger partial charge in [0.2, 0.25) is 0 Å². The highest BCUT2D eigenvalue weighted by atomic mass is 35.5. The first kappa shape index (κ1) is 12.2. The van der Waals surface area contributed by atoms with Gasteiger partial charge >= 0.3 is 0 Å². The second-order valence-corrected chi connectivity index (χ2v) is 4.18. The third kappa shape index (κ3) is 3.67. The van der Waals surface area contributed by atoms with Crippen molar-refractivity contribution in [1.82, 2.24) is 10.2 Å². The minimum atomic E-state index is 0.454. The maximum absolute atomic E-state index is 5.82. The van der Waals surface area contributed by atoms with Crippen LogP contribution in [0.2, 0.25) is 5.15 Å². The van der Waals surface area contributed by atoms with Gasteiger partial charge in [-0.25, -0.2) is 0 Å². The molecule has 1 aromatic rings. The van der Waals surface area contributed by atoms with E-state index in [1.54, 1.807) is 6.20 Å². The second-order valence-electron chi connectivity index (χ2n) is 3.79. The van der Waals surface area contributed by atoms with Crippen molar-refractivity contribution >= 4 is 17.3 Å². The Kier molecular flexibility index (Phi) is 4.82. The summed E-state index contributed by atoms with van der Waals surface area (Å²) in [7, 11) is 0. The van der Waals surface area contributed by atoms with Gasteiger partial charge < -0.3 is 4.90 Å². The Labute approximate surface area is 96.5 Å². The van der Waals surface area contributed by atoms with Crippen LogP contribution >= 0.6 is 11.6 Å². The van der Waals surface area contributed by atoms with E-state index in [2.05, 4.69) is 35.9 Å². The van der Waals surface area contributed by atoms with Crippen LogP contribution in [0.4, 0.5) is 5.69 Å². The normalized spacial score (nSPS) is 12.5. The average Bonchev–Trinajstić information content (AvgIpc) is 2.25. The zero-order valence-corrected chi connectivity index (χ0v) is 10.3. The Morgan fingerprint density at radius 1 is 1.47 bits per heavy atom. The van der Waals surface area contributed by atoms with Crippen molar-refractivity contribution < 1.29 is 0 Å². The molecular weight excluding hydrogens is 210 g/mol. The van der Waals surface area contributed by atoms with E-state index in [0.29, 0.717) is 11.1 Å². The molecule has 84 valence electrons. The van der Waals surface area contributed by atoms with Gasteiger partial charge in [0.25, 0.3) is 0 Å². The molecule has 0 aliphatic carbocycles. The first-order chi connectivity index (χ1) is 7.17. The molecule has 4 heteroatoms. The molecule has 0 saturated carbocycles. The van der Waals surface area contributed by atoms with Gasteiger partial charge in [-0.3, -0.25) is 0 Å². The maximum atomic E-state index is 5.82. The standard InChI is InChI=1S/C11H18ClN3/c1-4-9(3)8-15(5-2)10-6-11(12)14-13-7-10/h6-7,9H,4-5,8H2,1-3H3. The van der Waals surface area contributed by atoms with Crippen LogP contribution in [0.3, 0.4) is 0 Å². The quantitative estimate of drug-likeness (QED) is 0.775. The summed E-state index contributed by atoms with van der Waals surface area (Å²) in [6, 6.07) is 1.86. The fourth-order valence-electron chi connectivity index (χ4n) is 1.43. The van der Waals surface area contributed by atoms with Crippen LogP contribution in [0.5, 0.6) is 0 Å². The molecule has 1 aromatic heterocycles. The lowest BCUT2D eigenvalue weighted by molar-refractivity contribution is 0.547. The van der Waals surface area contributed by atoms with Crippen LogP contribution in [0.25, 0.3) is 0 Å². The molecular formula is C11H18ClN3. The van der Waals surface area contributed by atoms with Gasteiger partial charge in [-0.1, -0.05) is 31.9 Å². The Morgan fingerprint density at radius 3 is 2.73 bits per heavy atom. The monoisotopic (exact) mass is 227 g/mol. The van der Waals surface area contributed by atoms with Crippen molar-refractivity contribution in [3.05, 3.63) is 17.4 Å². The molecule has 1 atom stereocenters. The lowest BCUT2D eigenvalue weighted by Gasteiger charge is -2.25. The number of halogens is 1. The molecule has 0 bridgehead atoms. The first-order valence-corrected chi connectivity index (χ1v) is 5.78. The van der Waals surface area contributed by atoms with Crippen molar-refractivity contribution in [3.8, 4) is 0 Å². The van der Waals surface area contributed by atoms with Crippen molar-refractivity contribution in [2.75, 3.05) is 18.0 Å². The minimum Gasteiger partial charge on any atom is -0.370 e. The van der Waals surface area contributed by atoms with Crippen molar-refractivity contribution in [1.29, 1.82) is 0 Å². The predicted molar refractivity (Wildman–Crippen MR) is 64.4 cm³/mol. The number of rotatable bonds is 5. The minimum absolute atomic E-state index is 0.454. The van der Waals surface area contributed by atoms with E-state index in [1.807, 2.05) is 6.07 Å². The molecule has 1 heterocycles. The smallest absolute Gasteiger partial charge is 0.153 e. The topological polar surface area (TPSA) is 29.0 Å². The highest BCUT2D eigenvalue weighted by molar-refractivity contribution is 6.29. The summed E-state index contributed by atoms with van der Waals surface area (Å²) in [5.41, 5.74) is 1.05. The highest BCUT2D eigenvalue weighted by Crippen LogP contribution is 2.17. The van der Waals surface area contributed by atoms with E-state index in [-0.39, 0.29) is 0 Å². The largest absolute Gasteiger partial charge is 0.370 e. The third-order valence-electron chi connectivity index (χ3n) is 2.59. The summed E-state index contributed by atoms with van der Waals surface area (Å²) in [6.07, 6.45) is 2.94. The number of hydrogen-bond donors (Lipinski definition) is 0. The lowest BCUT2D eigenvalue weighted by Crippen LogP contribution is -2.28. The third-order valence-corrected chi connectivity index (χ3v) is 2.77. The van der Waals surface area contributed by atoms with Crippen molar-refractivity contribution in [2.45, 2.75) is 27.2 Å². The van der Waals surface area contributed by atoms with Gasteiger partial charge in [-0.2, -0.15) is 5.10 Å². The zero-order valence-electron chi connectivity index (χ0n) is 9.57. The summed E-state index contributed by atoms with van der Waals surface area (Å²) in [5.74, 6) is 0.678. The van der Waals surface area contributed by atoms with Crippen molar-refractivity contribution in [3.63, 3.8) is 0 Å². The van der Waals surface area contributed by atoms with Gasteiger partial charge in [-0.15, -0.1) is 5.10 Å². The fourth-order valence-corrected chi connectivity index (χ4v) is 1.58. The molecule has 0 amide bonds. The van der Waals surface area contributed by atoms with E-state index < -0.39 is 0 Å². The van der Waals surface area contributed by atoms with E-state index in [1.165, 1.54) is 6.42 Å². The Bertz CT molecular complexity index is 304. The molecule has 0 spiro atoms. The summed E-state index contributed by atoms with van der Waals surface area (Å²) in [4.78, 5) is 2.27. The van der Waals surface area contributed by atoms with E-state index in [4.69, 9.17) is 11.6 Å². The van der Waals surface area contributed by atoms with Crippen LogP contribution < -0.4 is 4.90 Å². The number of anilines is 1. The van der Waals surface area contributed by atoms with Crippen LogP contribution in [0.1, 0.15) is 27.2 Å². The Balaban J connectivity index is 2.73. The van der Waals surface area contributed by atoms with E-state index in [9.17, 15) is 0 Å². The Morgan fingerprint density at radius 2 is 2.20 bits per heavy atom. The molecule has 0 aromatic carbocycles. The number of nitrogens with zero attached hydrogens (tertiary/aromatic N) is 3. The van der Waals surface area contributed by atoms with Gasteiger partial charge in [0, 0.05) is 19.2 Å². The van der Waals surface area contributed by atoms with E-state index in [0.717, 1.165) is 18.8 Å². The van der Waals surface area contributed by atoms with Gasteiger partial charge in [0.15, 0.2) is 5.15 Å². The summed E-state index contributed by atoms with van der Waals surface area (Å²) in [5, 5.41) is 8.06. The average molecular weight is 228 g/mol. The highest BCUT2D eigenvalue weighted by Gasteiger charge is 2.09. The van der Waals surface area contributed by atoms with Crippen LogP contribution in [0.15, 0.2) is 12.3 Å². The van der Waals surface area contributed by atoms with E-state index >= 15 is 0 Å². The lowest BCUT2D eigenvalue weighted by atomic mass is 10.1. The summed E-state index contributed by atoms with van der Waals surface area (Å²) >= 11 is 5.82. The molecule has 0 saturated heterocycles. The predicted octanol–water partition coefficient (Wildman–Crippen LogP) is 3.00. The molecule has 0 radical (unpaired) electrons. The number of aromatic nitrogens is 2. The number of hydrogen-bond acceptors (Lipinski definition) is 3. The molecule has 0 fully saturated rings. The molecule has 0 N–H and O–H groups in total. The van der Waals surface area contributed by atoms with Gasteiger partial charge in [0.1, 0.15) is 0 Å². The molecule has 0 aliphatic heterocycles. The zero-order chi connectivity index (χ0) is 11.3. The molecule has 3 nitrogen and oxygen atoms in total. The molecule has 15 heavy (non-hydrogen) atoms. The molecule has 1 unspecified atom stereocenters. The van der Waals surface area contributed by atoms with Gasteiger partial charge in [-0.05, 0) is 12.8 Å². The molecule has 0 aliphatic rings. The van der Waals surface area contributed by atoms with Crippen molar-refractivity contribution in [2.24, 2.45) is 5.92 Å². The summed E-state index contributed by atoms with van der Waals surface area (Å²) in [6.45, 7) is 8.59. The second kappa shape index (κ2) is 5.91. The SMILES string of the molecule is CCC(C)CN(CC)c1cnnc(Cl)c1. The Hall–Kier alpha value is -0.830.